The molecule has 5 heavy (non-hydrogen) atoms. The Hall–Kier alpha value is 1.58. The summed E-state index contributed by atoms with van der Waals surface area (Å²) in [7, 11) is 0. The molecule has 0 aliphatic heterocycles. The molecule has 0 N–H and O–H groups in total. The van der Waals surface area contributed by atoms with Crippen LogP contribution in [0.15, 0.2) is 0 Å². The molecule has 0 atom stereocenters. The van der Waals surface area contributed by atoms with Crippen LogP contribution < -0.4 is 18.9 Å². The van der Waals surface area contributed by atoms with Crippen LogP contribution in [0.25, 0.3) is 0 Å². The number of rotatable bonds is 0. The molecule has 0 bridgehead atoms. The van der Waals surface area contributed by atoms with Gasteiger partial charge in [-0.15, -0.1) is 0 Å². The Kier molecular flexibility index (Phi) is 289. The molecule has 0 amide bonds. The monoisotopic (exact) mass is 146 g/mol. The fraction of sp³-hybridized carbons (Fsp3) is 0. The molecule has 0 aliphatic carbocycles. The summed E-state index contributed by atoms with van der Waals surface area (Å²) in [6, 6.07) is 0. The van der Waals surface area contributed by atoms with Crippen molar-refractivity contribution in [2.45, 2.75) is 0 Å². The maximum absolute atomic E-state index is 7.94. The van der Waals surface area contributed by atoms with Crippen LogP contribution in [0.3, 0.4) is 0 Å². The quantitative estimate of drug-likeness (QED) is 0.331. The summed E-state index contributed by atoms with van der Waals surface area (Å²) in [6.07, 6.45) is 0. The van der Waals surface area contributed by atoms with Gasteiger partial charge in [-0.2, -0.15) is 0 Å². The van der Waals surface area contributed by atoms with Gasteiger partial charge in [0.25, 0.3) is 0 Å². The summed E-state index contributed by atoms with van der Waals surface area (Å²) < 4.78 is 7.94. The summed E-state index contributed by atoms with van der Waals surface area (Å²) in [5, 5.41) is 0. The van der Waals surface area contributed by atoms with E-state index in [1.54, 1.807) is 0 Å². The van der Waals surface area contributed by atoms with Crippen LogP contribution >= 0.6 is 0 Å². The minimum atomic E-state index is 0. The molecule has 0 heterocycles. The van der Waals surface area contributed by atoms with Gasteiger partial charge in [0.1, 0.15) is 0 Å². The predicted octanol–water partition coefficient (Wildman–Crippen LogP) is -3.24. The molecular formula is CoLiO2Ti+3. The molecule has 0 saturated carbocycles. The maximum Gasteiger partial charge on any atom is 4.00 e. The fourth-order valence-corrected chi connectivity index (χ4v) is 0. The average molecular weight is 146 g/mol. The van der Waals surface area contributed by atoms with E-state index >= 15 is 0 Å². The van der Waals surface area contributed by atoms with Crippen molar-refractivity contribution in [1.29, 1.82) is 0 Å². The van der Waals surface area contributed by atoms with Crippen LogP contribution in [0, 0.1) is 0 Å². The summed E-state index contributed by atoms with van der Waals surface area (Å²) in [5.41, 5.74) is 0. The molecular weight excluding hydrogens is 146 g/mol. The van der Waals surface area contributed by atoms with Crippen molar-refractivity contribution in [2.24, 2.45) is 0 Å². The van der Waals surface area contributed by atoms with Crippen LogP contribution in [0.1, 0.15) is 0 Å². The molecule has 23 valence electrons. The predicted molar refractivity (Wildman–Crippen MR) is 1.37 cm³/mol. The zero-order chi connectivity index (χ0) is 2.00. The first-order valence-corrected chi connectivity index (χ1v) is 0.561. The largest absolute Gasteiger partial charge is 4.00 e. The van der Waals surface area contributed by atoms with Crippen molar-refractivity contribution in [2.75, 3.05) is 0 Å². The second-order valence-electron chi connectivity index (χ2n) is 0. The Morgan fingerprint density at radius 3 is 1.20 bits per heavy atom. The van der Waals surface area contributed by atoms with Gasteiger partial charge in [0, 0.05) is 0 Å². The summed E-state index contributed by atoms with van der Waals surface area (Å²) in [5.74, 6) is 0. The van der Waals surface area contributed by atoms with Gasteiger partial charge in [-0.3, -0.25) is 0 Å². The van der Waals surface area contributed by atoms with Crippen molar-refractivity contribution < 1.29 is 65.6 Å². The third-order valence-electron chi connectivity index (χ3n) is 0. The van der Waals surface area contributed by atoms with Crippen molar-refractivity contribution in [3.8, 4) is 0 Å². The third-order valence-corrected chi connectivity index (χ3v) is 0. The van der Waals surface area contributed by atoms with Crippen LogP contribution in [-0.2, 0) is 46.7 Å². The molecule has 0 aliphatic rings. The standard InChI is InChI=1S/Co.Li.2O.Ti/q;+1;;-2;+4. The van der Waals surface area contributed by atoms with Gasteiger partial charge in [0.15, 0.2) is 0 Å². The molecule has 0 saturated heterocycles. The number of hydrogen-bond donors (Lipinski definition) is 0. The minimum absolute atomic E-state index is 0. The number of hydrogen-bond acceptors (Lipinski definition) is 1. The maximum atomic E-state index is 7.94. The van der Waals surface area contributed by atoms with Gasteiger partial charge in [0.05, 0.1) is 0 Å². The Balaban J connectivity index is -0.00000000167. The molecule has 5 heteroatoms. The van der Waals surface area contributed by atoms with Crippen molar-refractivity contribution in [3.05, 3.63) is 0 Å². The normalized spacial score (nSPS) is 1.00. The summed E-state index contributed by atoms with van der Waals surface area (Å²) >= 11 is 2.31. The van der Waals surface area contributed by atoms with E-state index in [0.29, 0.717) is 0 Å². The van der Waals surface area contributed by atoms with Crippen LogP contribution in [0.5, 0.6) is 0 Å². The second kappa shape index (κ2) is 46.9. The topological polar surface area (TPSA) is 45.6 Å². The molecule has 0 spiro atoms. The Morgan fingerprint density at radius 2 is 1.20 bits per heavy atom. The zero-order valence-electron chi connectivity index (χ0n) is 2.65. The van der Waals surface area contributed by atoms with Crippen LogP contribution in [0.4, 0.5) is 0 Å². The average Bonchev–Trinajstić information content (AvgIpc) is 1.00. The molecule has 0 aromatic carbocycles. The second-order valence-corrected chi connectivity index (χ2v) is 0. The molecule has 2 nitrogen and oxygen atoms in total. The third kappa shape index (κ3) is 28.7. The van der Waals surface area contributed by atoms with E-state index in [-0.39, 0.29) is 46.1 Å². The van der Waals surface area contributed by atoms with Gasteiger partial charge < -0.3 is 5.48 Å². The minimum Gasteiger partial charge on any atom is 4.00 e. The van der Waals surface area contributed by atoms with Gasteiger partial charge in [-0.05, 0) is 0 Å². The molecule has 0 radical (unpaired) electrons. The van der Waals surface area contributed by atoms with Crippen molar-refractivity contribution >= 4 is 0 Å². The Labute approximate surface area is 65.2 Å². The molecule has 0 aromatic heterocycles. The van der Waals surface area contributed by atoms with Gasteiger partial charge in [0.2, 0.25) is 0 Å². The zero-order valence-corrected chi connectivity index (χ0v) is 5.25. The summed E-state index contributed by atoms with van der Waals surface area (Å²) in [6.45, 7) is 0. The van der Waals surface area contributed by atoms with Gasteiger partial charge >= 0.3 is 60.1 Å². The SMILES string of the molecule is [Li+].[O-2].[O]=[Co].[Ti+4]. The molecule has 0 fully saturated rings. The van der Waals surface area contributed by atoms with Crippen LogP contribution in [0.2, 0.25) is 0 Å². The summed E-state index contributed by atoms with van der Waals surface area (Å²) in [4.78, 5) is 0. The first-order valence-electron chi connectivity index (χ1n) is 0.136. The fourth-order valence-electron chi connectivity index (χ4n) is 0. The van der Waals surface area contributed by atoms with Crippen LogP contribution in [-0.4, -0.2) is 0 Å². The van der Waals surface area contributed by atoms with E-state index in [1.807, 2.05) is 0 Å². The van der Waals surface area contributed by atoms with E-state index in [0.717, 1.165) is 0 Å². The van der Waals surface area contributed by atoms with E-state index in [4.69, 9.17) is 3.87 Å². The Morgan fingerprint density at radius 1 is 1.20 bits per heavy atom. The first-order chi connectivity index (χ1) is 1.00. The molecule has 0 rings (SSSR count). The molecule has 0 unspecified atom stereocenters. The van der Waals surface area contributed by atoms with E-state index in [2.05, 4.69) is 15.7 Å². The Bertz CT molecular complexity index is 9.61. The van der Waals surface area contributed by atoms with Gasteiger partial charge in [-0.25, -0.2) is 0 Å². The molecule has 0 aromatic rings. The van der Waals surface area contributed by atoms with Gasteiger partial charge in [-0.1, -0.05) is 0 Å². The van der Waals surface area contributed by atoms with E-state index < -0.39 is 0 Å². The van der Waals surface area contributed by atoms with Crippen molar-refractivity contribution in [3.63, 3.8) is 0 Å². The van der Waals surface area contributed by atoms with E-state index in [1.165, 1.54) is 0 Å². The van der Waals surface area contributed by atoms with Crippen molar-refractivity contribution in [1.82, 2.24) is 0 Å². The van der Waals surface area contributed by atoms with E-state index in [9.17, 15) is 0 Å². The smallest absolute Gasteiger partial charge is 4.00 e. The first kappa shape index (κ1) is 30.8.